The molecule has 0 bridgehead atoms. The number of benzene rings is 3. The van der Waals surface area contributed by atoms with E-state index in [1.807, 2.05) is 6.07 Å². The van der Waals surface area contributed by atoms with Crippen molar-refractivity contribution in [2.45, 2.75) is 6.54 Å². The van der Waals surface area contributed by atoms with Crippen molar-refractivity contribution in [3.8, 4) is 0 Å². The van der Waals surface area contributed by atoms with Gasteiger partial charge >= 0.3 is 0 Å². The summed E-state index contributed by atoms with van der Waals surface area (Å²) in [4.78, 5) is 26.7. The quantitative estimate of drug-likeness (QED) is 0.659. The lowest BCUT2D eigenvalue weighted by atomic mass is 10.1. The number of amides is 2. The average molecular weight is 397 g/mol. The number of para-hydroxylation sites is 1. The van der Waals surface area contributed by atoms with Crippen molar-refractivity contribution in [3.63, 3.8) is 0 Å². The van der Waals surface area contributed by atoms with Crippen LogP contribution in [0.4, 0.5) is 10.1 Å². The summed E-state index contributed by atoms with van der Waals surface area (Å²) in [5.74, 6) is -1.15. The molecular weight excluding hydrogens is 379 g/mol. The van der Waals surface area contributed by atoms with Gasteiger partial charge in [-0.15, -0.1) is 0 Å². The van der Waals surface area contributed by atoms with Gasteiger partial charge in [0.25, 0.3) is 11.8 Å². The zero-order valence-electron chi connectivity index (χ0n) is 15.2. The minimum atomic E-state index is -0.474. The van der Waals surface area contributed by atoms with Crippen molar-refractivity contribution in [2.24, 2.45) is 0 Å². The Hall–Kier alpha value is -3.18. The van der Waals surface area contributed by atoms with Gasteiger partial charge in [0.05, 0.1) is 11.3 Å². The van der Waals surface area contributed by atoms with Crippen molar-refractivity contribution < 1.29 is 14.0 Å². The topological polar surface area (TPSA) is 49.4 Å². The van der Waals surface area contributed by atoms with E-state index in [4.69, 9.17) is 11.6 Å². The highest BCUT2D eigenvalue weighted by molar-refractivity contribution is 6.31. The number of nitrogens with one attached hydrogen (secondary N) is 1. The van der Waals surface area contributed by atoms with Gasteiger partial charge in [0.2, 0.25) is 0 Å². The second kappa shape index (κ2) is 8.67. The van der Waals surface area contributed by atoms with Crippen LogP contribution in [0.1, 0.15) is 26.3 Å². The molecule has 0 fully saturated rings. The Bertz CT molecular complexity index is 988. The molecule has 0 atom stereocenters. The molecule has 0 aliphatic heterocycles. The molecule has 0 heterocycles. The molecule has 1 N–H and O–H groups in total. The highest BCUT2D eigenvalue weighted by Crippen LogP contribution is 2.23. The standard InChI is InChI=1S/C22H18ClFN2O2/c1-26(14-17-18(23)11-7-12-19(17)24)22(28)16-10-5-6-13-20(16)25-21(27)15-8-3-2-4-9-15/h2-13H,14H2,1H3,(H,25,27). The van der Waals surface area contributed by atoms with Gasteiger partial charge in [0.15, 0.2) is 0 Å². The molecule has 0 aromatic heterocycles. The van der Waals surface area contributed by atoms with Crippen LogP contribution in [0.25, 0.3) is 0 Å². The Labute approximate surface area is 167 Å². The monoisotopic (exact) mass is 396 g/mol. The molecule has 3 rings (SSSR count). The molecule has 28 heavy (non-hydrogen) atoms. The van der Waals surface area contributed by atoms with Crippen LogP contribution in [0.3, 0.4) is 0 Å². The molecule has 0 unspecified atom stereocenters. The number of rotatable bonds is 5. The van der Waals surface area contributed by atoms with Gasteiger partial charge in [0.1, 0.15) is 5.82 Å². The fourth-order valence-corrected chi connectivity index (χ4v) is 2.98. The largest absolute Gasteiger partial charge is 0.337 e. The fraction of sp³-hybridized carbons (Fsp3) is 0.0909. The first-order chi connectivity index (χ1) is 13.5. The Kier molecular flexibility index (Phi) is 6.06. The second-order valence-corrected chi connectivity index (χ2v) is 6.63. The van der Waals surface area contributed by atoms with Gasteiger partial charge in [0, 0.05) is 29.7 Å². The van der Waals surface area contributed by atoms with Gasteiger partial charge < -0.3 is 10.2 Å². The smallest absolute Gasteiger partial charge is 0.256 e. The van der Waals surface area contributed by atoms with Gasteiger partial charge in [-0.3, -0.25) is 9.59 Å². The van der Waals surface area contributed by atoms with Crippen LogP contribution in [-0.2, 0) is 6.54 Å². The molecule has 142 valence electrons. The first-order valence-corrected chi connectivity index (χ1v) is 8.99. The summed E-state index contributed by atoms with van der Waals surface area (Å²) in [5.41, 5.74) is 1.41. The first kappa shape index (κ1) is 19.6. The van der Waals surface area contributed by atoms with Gasteiger partial charge in [-0.1, -0.05) is 48.0 Å². The number of hydrogen-bond acceptors (Lipinski definition) is 2. The Morgan fingerprint density at radius 1 is 0.964 bits per heavy atom. The molecule has 0 saturated heterocycles. The lowest BCUT2D eigenvalue weighted by Gasteiger charge is -2.20. The van der Waals surface area contributed by atoms with E-state index in [9.17, 15) is 14.0 Å². The number of carbonyl (C=O) groups excluding carboxylic acids is 2. The van der Waals surface area contributed by atoms with Gasteiger partial charge in [-0.05, 0) is 36.4 Å². The molecule has 0 aliphatic carbocycles. The minimum absolute atomic E-state index is 0.00526. The highest BCUT2D eigenvalue weighted by atomic mass is 35.5. The van der Waals surface area contributed by atoms with Crippen LogP contribution in [0.15, 0.2) is 72.8 Å². The van der Waals surface area contributed by atoms with Crippen LogP contribution in [0.2, 0.25) is 5.02 Å². The van der Waals surface area contributed by atoms with E-state index in [1.165, 1.54) is 17.0 Å². The van der Waals surface area contributed by atoms with E-state index in [-0.39, 0.29) is 28.9 Å². The zero-order valence-corrected chi connectivity index (χ0v) is 15.9. The predicted molar refractivity (Wildman–Crippen MR) is 108 cm³/mol. The molecule has 2 amide bonds. The van der Waals surface area contributed by atoms with E-state index >= 15 is 0 Å². The summed E-state index contributed by atoms with van der Waals surface area (Å²) in [5, 5.41) is 3.02. The lowest BCUT2D eigenvalue weighted by molar-refractivity contribution is 0.0785. The zero-order chi connectivity index (χ0) is 20.1. The highest BCUT2D eigenvalue weighted by Gasteiger charge is 2.19. The molecule has 3 aromatic rings. The molecule has 0 radical (unpaired) electrons. The van der Waals surface area contributed by atoms with Crippen LogP contribution in [-0.4, -0.2) is 23.8 Å². The Balaban J connectivity index is 1.81. The third-order valence-electron chi connectivity index (χ3n) is 4.25. The maximum absolute atomic E-state index is 14.0. The fourth-order valence-electron chi connectivity index (χ4n) is 2.76. The maximum atomic E-state index is 14.0. The van der Waals surface area contributed by atoms with Crippen LogP contribution in [0.5, 0.6) is 0 Å². The number of nitrogens with zero attached hydrogens (tertiary/aromatic N) is 1. The third kappa shape index (κ3) is 4.38. The van der Waals surface area contributed by atoms with E-state index < -0.39 is 5.82 Å². The third-order valence-corrected chi connectivity index (χ3v) is 4.60. The minimum Gasteiger partial charge on any atom is -0.337 e. The van der Waals surface area contributed by atoms with Gasteiger partial charge in [-0.2, -0.15) is 0 Å². The number of halogens is 2. The molecule has 0 saturated carbocycles. The number of hydrogen-bond donors (Lipinski definition) is 1. The van der Waals surface area contributed by atoms with Crippen molar-refractivity contribution in [3.05, 3.63) is 100 Å². The summed E-state index contributed by atoms with van der Waals surface area (Å²) in [6.45, 7) is 0.00526. The van der Waals surface area contributed by atoms with Crippen molar-refractivity contribution in [1.82, 2.24) is 4.90 Å². The first-order valence-electron chi connectivity index (χ1n) is 8.61. The summed E-state index contributed by atoms with van der Waals surface area (Å²) in [7, 11) is 1.56. The van der Waals surface area contributed by atoms with E-state index in [1.54, 1.807) is 61.6 Å². The SMILES string of the molecule is CN(Cc1c(F)cccc1Cl)C(=O)c1ccccc1NC(=O)c1ccccc1. The Morgan fingerprint density at radius 3 is 2.36 bits per heavy atom. The molecule has 0 aliphatic rings. The molecule has 0 spiro atoms. The van der Waals surface area contributed by atoms with E-state index in [0.717, 1.165) is 0 Å². The number of anilines is 1. The molecule has 3 aromatic carbocycles. The maximum Gasteiger partial charge on any atom is 0.256 e. The summed E-state index contributed by atoms with van der Waals surface area (Å²) >= 11 is 6.06. The van der Waals surface area contributed by atoms with Crippen LogP contribution >= 0.6 is 11.6 Å². The van der Waals surface area contributed by atoms with Crippen molar-refractivity contribution in [2.75, 3.05) is 12.4 Å². The summed E-state index contributed by atoms with van der Waals surface area (Å²) in [6, 6.07) is 19.8. The number of carbonyl (C=O) groups is 2. The Morgan fingerprint density at radius 2 is 1.64 bits per heavy atom. The molecular formula is C22H18ClFN2O2. The van der Waals surface area contributed by atoms with E-state index in [0.29, 0.717) is 16.8 Å². The molecule has 4 nitrogen and oxygen atoms in total. The van der Waals surface area contributed by atoms with Crippen molar-refractivity contribution in [1.29, 1.82) is 0 Å². The van der Waals surface area contributed by atoms with Gasteiger partial charge in [-0.25, -0.2) is 4.39 Å². The van der Waals surface area contributed by atoms with Crippen molar-refractivity contribution >= 4 is 29.1 Å². The van der Waals surface area contributed by atoms with Crippen LogP contribution < -0.4 is 5.32 Å². The average Bonchev–Trinajstić information content (AvgIpc) is 2.71. The lowest BCUT2D eigenvalue weighted by Crippen LogP contribution is -2.28. The second-order valence-electron chi connectivity index (χ2n) is 6.23. The predicted octanol–water partition coefficient (Wildman–Crippen LogP) is 5.00. The normalized spacial score (nSPS) is 10.4. The van der Waals surface area contributed by atoms with E-state index in [2.05, 4.69) is 5.32 Å². The van der Waals surface area contributed by atoms with Crippen LogP contribution in [0, 0.1) is 5.82 Å². The summed E-state index contributed by atoms with van der Waals surface area (Å²) < 4.78 is 14.0. The summed E-state index contributed by atoms with van der Waals surface area (Å²) in [6.07, 6.45) is 0. The molecule has 6 heteroatoms.